The van der Waals surface area contributed by atoms with Gasteiger partial charge in [-0.2, -0.15) is 0 Å². The first kappa shape index (κ1) is 16.2. The van der Waals surface area contributed by atoms with Crippen LogP contribution >= 0.6 is 11.3 Å². The molecule has 1 saturated heterocycles. The molecule has 0 saturated carbocycles. The lowest BCUT2D eigenvalue weighted by Gasteiger charge is -2.16. The zero-order valence-electron chi connectivity index (χ0n) is 12.3. The Balaban J connectivity index is 1.73. The molecule has 2 rings (SSSR count). The molecule has 9 heteroatoms. The monoisotopic (exact) mass is 331 g/mol. The van der Waals surface area contributed by atoms with E-state index in [1.807, 2.05) is 13.1 Å². The van der Waals surface area contributed by atoms with E-state index >= 15 is 0 Å². The van der Waals surface area contributed by atoms with Crippen LogP contribution in [0.2, 0.25) is 0 Å². The van der Waals surface area contributed by atoms with Crippen molar-refractivity contribution in [3.05, 3.63) is 16.1 Å². The van der Waals surface area contributed by atoms with Crippen LogP contribution in [0.1, 0.15) is 16.3 Å². The molecule has 1 aromatic heterocycles. The molecule has 0 spiro atoms. The first-order valence-corrected chi connectivity index (χ1v) is 9.27. The van der Waals surface area contributed by atoms with Crippen molar-refractivity contribution in [1.29, 1.82) is 0 Å². The molecule has 0 aliphatic carbocycles. The topological polar surface area (TPSA) is 86.7 Å². The highest BCUT2D eigenvalue weighted by molar-refractivity contribution is 7.89. The number of nitrogens with one attached hydrogen (secondary N) is 2. The largest absolute Gasteiger partial charge is 0.355 e. The molecule has 118 valence electrons. The van der Waals surface area contributed by atoms with Gasteiger partial charge in [0.2, 0.25) is 10.0 Å². The lowest BCUT2D eigenvalue weighted by atomic mass is 10.5. The second-order valence-corrected chi connectivity index (χ2v) is 8.19. The Bertz CT molecular complexity index is 597. The Morgan fingerprint density at radius 2 is 2.33 bits per heavy atom. The summed E-state index contributed by atoms with van der Waals surface area (Å²) in [5.41, 5.74) is 0. The van der Waals surface area contributed by atoms with Gasteiger partial charge in [-0.15, -0.1) is 11.3 Å². The Morgan fingerprint density at radius 3 is 2.90 bits per heavy atom. The van der Waals surface area contributed by atoms with Crippen LogP contribution in [0.5, 0.6) is 0 Å². The smallest absolute Gasteiger partial charge is 0.214 e. The standard InChI is InChI=1S/C12H21N5O2S2/c1-10-8-15-11(20-10)9-16-12(13-2)14-4-6-17-5-3-7-21(17,18)19/h8H,3-7,9H2,1-2H3,(H2,13,14,16). The summed E-state index contributed by atoms with van der Waals surface area (Å²) in [6.07, 6.45) is 2.56. The molecular formula is C12H21N5O2S2. The molecule has 2 N–H and O–H groups in total. The van der Waals surface area contributed by atoms with Crippen LogP contribution in [-0.2, 0) is 16.6 Å². The number of aryl methyl sites for hydroxylation is 1. The number of aromatic nitrogens is 1. The number of aliphatic imine (C=N–C) groups is 1. The first-order valence-electron chi connectivity index (χ1n) is 6.85. The van der Waals surface area contributed by atoms with Crippen LogP contribution in [0.15, 0.2) is 11.2 Å². The Hall–Kier alpha value is -1.19. The highest BCUT2D eigenvalue weighted by Crippen LogP contribution is 2.12. The minimum absolute atomic E-state index is 0.267. The fraction of sp³-hybridized carbons (Fsp3) is 0.667. The molecule has 0 aromatic carbocycles. The molecule has 0 atom stereocenters. The van der Waals surface area contributed by atoms with Crippen molar-refractivity contribution in [3.8, 4) is 0 Å². The van der Waals surface area contributed by atoms with Gasteiger partial charge in [-0.1, -0.05) is 0 Å². The van der Waals surface area contributed by atoms with E-state index in [1.54, 1.807) is 18.4 Å². The summed E-state index contributed by atoms with van der Waals surface area (Å²) in [6, 6.07) is 0. The van der Waals surface area contributed by atoms with Gasteiger partial charge in [0.1, 0.15) is 5.01 Å². The third-order valence-corrected chi connectivity index (χ3v) is 6.03. The van der Waals surface area contributed by atoms with Gasteiger partial charge < -0.3 is 10.6 Å². The Kier molecular flexibility index (Phi) is 5.54. The molecule has 0 radical (unpaired) electrons. The van der Waals surface area contributed by atoms with E-state index in [9.17, 15) is 8.42 Å². The maximum absolute atomic E-state index is 11.7. The van der Waals surface area contributed by atoms with Crippen molar-refractivity contribution in [2.75, 3.05) is 32.4 Å². The van der Waals surface area contributed by atoms with Crippen molar-refractivity contribution < 1.29 is 8.42 Å². The maximum Gasteiger partial charge on any atom is 0.214 e. The fourth-order valence-electron chi connectivity index (χ4n) is 2.10. The van der Waals surface area contributed by atoms with Gasteiger partial charge in [0.05, 0.1) is 12.3 Å². The van der Waals surface area contributed by atoms with Crippen LogP contribution in [0.3, 0.4) is 0 Å². The molecule has 1 fully saturated rings. The zero-order valence-corrected chi connectivity index (χ0v) is 13.9. The predicted octanol–water partition coefficient (Wildman–Crippen LogP) is 0.152. The molecule has 1 aliphatic heterocycles. The minimum atomic E-state index is -3.02. The van der Waals surface area contributed by atoms with E-state index in [0.717, 1.165) is 11.4 Å². The number of thiazole rings is 1. The number of rotatable bonds is 5. The maximum atomic E-state index is 11.7. The first-order chi connectivity index (χ1) is 10.0. The van der Waals surface area contributed by atoms with Crippen LogP contribution in [0.25, 0.3) is 0 Å². The molecular weight excluding hydrogens is 310 g/mol. The van der Waals surface area contributed by atoms with Gasteiger partial charge >= 0.3 is 0 Å². The van der Waals surface area contributed by atoms with Crippen molar-refractivity contribution >= 4 is 27.3 Å². The van der Waals surface area contributed by atoms with E-state index < -0.39 is 10.0 Å². The minimum Gasteiger partial charge on any atom is -0.355 e. The van der Waals surface area contributed by atoms with Crippen LogP contribution in [-0.4, -0.2) is 56.1 Å². The second-order valence-electron chi connectivity index (χ2n) is 4.79. The Labute approximate surface area is 129 Å². The van der Waals surface area contributed by atoms with Gasteiger partial charge in [-0.05, 0) is 13.3 Å². The normalized spacial score (nSPS) is 18.9. The Morgan fingerprint density at radius 1 is 1.52 bits per heavy atom. The lowest BCUT2D eigenvalue weighted by molar-refractivity contribution is 0.445. The van der Waals surface area contributed by atoms with Crippen molar-refractivity contribution in [2.45, 2.75) is 19.9 Å². The van der Waals surface area contributed by atoms with E-state index in [1.165, 1.54) is 9.18 Å². The molecule has 0 unspecified atom stereocenters. The van der Waals surface area contributed by atoms with Crippen LogP contribution in [0, 0.1) is 6.92 Å². The molecule has 2 heterocycles. The SMILES string of the molecule is CN=C(NCCN1CCCS1(=O)=O)NCc1ncc(C)s1. The van der Waals surface area contributed by atoms with Crippen molar-refractivity contribution in [2.24, 2.45) is 4.99 Å². The summed E-state index contributed by atoms with van der Waals surface area (Å²) in [7, 11) is -1.33. The lowest BCUT2D eigenvalue weighted by Crippen LogP contribution is -2.41. The highest BCUT2D eigenvalue weighted by atomic mass is 32.2. The molecule has 1 aromatic rings. The number of sulfonamides is 1. The molecule has 1 aliphatic rings. The van der Waals surface area contributed by atoms with E-state index in [0.29, 0.717) is 32.1 Å². The van der Waals surface area contributed by atoms with Gasteiger partial charge in [-0.3, -0.25) is 4.99 Å². The summed E-state index contributed by atoms with van der Waals surface area (Å²) >= 11 is 1.64. The fourth-order valence-corrected chi connectivity index (χ4v) is 4.36. The number of nitrogens with zero attached hydrogens (tertiary/aromatic N) is 3. The van der Waals surface area contributed by atoms with E-state index in [-0.39, 0.29) is 5.75 Å². The van der Waals surface area contributed by atoms with Gasteiger partial charge in [-0.25, -0.2) is 17.7 Å². The quantitative estimate of drug-likeness (QED) is 0.592. The summed E-state index contributed by atoms with van der Waals surface area (Å²) < 4.78 is 24.9. The number of hydrogen-bond acceptors (Lipinski definition) is 5. The highest BCUT2D eigenvalue weighted by Gasteiger charge is 2.27. The second kappa shape index (κ2) is 7.19. The van der Waals surface area contributed by atoms with E-state index in [2.05, 4.69) is 20.6 Å². The molecule has 21 heavy (non-hydrogen) atoms. The average Bonchev–Trinajstić information content (AvgIpc) is 2.99. The number of guanidine groups is 1. The summed E-state index contributed by atoms with van der Waals surface area (Å²) in [5, 5.41) is 7.28. The van der Waals surface area contributed by atoms with Crippen LogP contribution < -0.4 is 10.6 Å². The average molecular weight is 331 g/mol. The third kappa shape index (κ3) is 4.65. The molecule has 7 nitrogen and oxygen atoms in total. The van der Waals surface area contributed by atoms with Crippen molar-refractivity contribution in [1.82, 2.24) is 19.9 Å². The van der Waals surface area contributed by atoms with Crippen molar-refractivity contribution in [3.63, 3.8) is 0 Å². The molecule has 0 bridgehead atoms. The van der Waals surface area contributed by atoms with Gasteiger partial charge in [0.25, 0.3) is 0 Å². The summed E-state index contributed by atoms with van der Waals surface area (Å²) in [6.45, 7) is 4.26. The number of hydrogen-bond donors (Lipinski definition) is 2. The van der Waals surface area contributed by atoms with E-state index in [4.69, 9.17) is 0 Å². The summed E-state index contributed by atoms with van der Waals surface area (Å²) in [5.74, 6) is 0.920. The van der Waals surface area contributed by atoms with Crippen LogP contribution in [0.4, 0.5) is 0 Å². The molecule has 0 amide bonds. The van der Waals surface area contributed by atoms with Gasteiger partial charge in [0, 0.05) is 37.8 Å². The zero-order chi connectivity index (χ0) is 15.3. The third-order valence-electron chi connectivity index (χ3n) is 3.16. The predicted molar refractivity (Wildman–Crippen MR) is 85.0 cm³/mol. The van der Waals surface area contributed by atoms with Gasteiger partial charge in [0.15, 0.2) is 5.96 Å². The summed E-state index contributed by atoms with van der Waals surface area (Å²) in [4.78, 5) is 9.56.